The van der Waals surface area contributed by atoms with Crippen LogP contribution >= 0.6 is 0 Å². The summed E-state index contributed by atoms with van der Waals surface area (Å²) in [4.78, 5) is 28.6. The molecule has 2 amide bonds. The molecule has 0 bridgehead atoms. The van der Waals surface area contributed by atoms with Gasteiger partial charge in [-0.1, -0.05) is 30.3 Å². The van der Waals surface area contributed by atoms with Crippen LogP contribution in [0.4, 0.5) is 9.18 Å². The van der Waals surface area contributed by atoms with E-state index in [4.69, 9.17) is 4.74 Å². The number of nitrogens with zero attached hydrogens (tertiary/aromatic N) is 3. The van der Waals surface area contributed by atoms with Gasteiger partial charge in [0, 0.05) is 62.7 Å². The highest BCUT2D eigenvalue weighted by Gasteiger charge is 2.28. The van der Waals surface area contributed by atoms with Gasteiger partial charge in [0.15, 0.2) is 0 Å². The van der Waals surface area contributed by atoms with Gasteiger partial charge in [-0.25, -0.2) is 9.18 Å². The second kappa shape index (κ2) is 9.42. The number of aromatic nitrogens is 1. The Morgan fingerprint density at radius 1 is 1.03 bits per heavy atom. The summed E-state index contributed by atoms with van der Waals surface area (Å²) < 4.78 is 21.2. The minimum absolute atomic E-state index is 0.00398. The molecule has 1 fully saturated rings. The number of carbonyl (C=O) groups excluding carboxylic acids is 2. The number of amides is 2. The summed E-state index contributed by atoms with van der Waals surface area (Å²) in [6.45, 7) is 3.93. The van der Waals surface area contributed by atoms with Gasteiger partial charge >= 0.3 is 6.09 Å². The van der Waals surface area contributed by atoms with Crippen molar-refractivity contribution in [3.05, 3.63) is 71.7 Å². The van der Waals surface area contributed by atoms with Crippen LogP contribution in [0, 0.1) is 5.82 Å². The molecular weight excluding hydrogens is 409 g/mol. The zero-order chi connectivity index (χ0) is 22.7. The quantitative estimate of drug-likeness (QED) is 0.603. The standard InChI is InChI=1S/C25H28FN3O3/c1-3-32-25(31)29-13-11-28(12-14-29)24(30)16-21(18-7-6-8-19(26)15-18)22-17-27(2)23-10-5-4-9-20(22)23/h4-10,15,17,21H,3,11-14,16H2,1-2H3. The first-order valence-electron chi connectivity index (χ1n) is 11.0. The van der Waals surface area contributed by atoms with Crippen LogP contribution in [0.15, 0.2) is 54.7 Å². The molecule has 7 heteroatoms. The van der Waals surface area contributed by atoms with Gasteiger partial charge in [-0.3, -0.25) is 4.79 Å². The number of carbonyl (C=O) groups is 2. The van der Waals surface area contributed by atoms with Crippen molar-refractivity contribution in [1.82, 2.24) is 14.4 Å². The SMILES string of the molecule is CCOC(=O)N1CCN(C(=O)CC(c2cccc(F)c2)c2cn(C)c3ccccc23)CC1. The van der Waals surface area contributed by atoms with Crippen molar-refractivity contribution in [2.24, 2.45) is 7.05 Å². The second-order valence-electron chi connectivity index (χ2n) is 8.09. The summed E-state index contributed by atoms with van der Waals surface area (Å²) in [7, 11) is 1.98. The molecule has 0 aliphatic carbocycles. The molecule has 0 saturated carbocycles. The number of halogens is 1. The summed E-state index contributed by atoms with van der Waals surface area (Å²) >= 11 is 0. The zero-order valence-corrected chi connectivity index (χ0v) is 18.5. The van der Waals surface area contributed by atoms with Gasteiger partial charge in [0.25, 0.3) is 0 Å². The van der Waals surface area contributed by atoms with Crippen molar-refractivity contribution in [3.8, 4) is 0 Å². The molecule has 1 unspecified atom stereocenters. The number of ether oxygens (including phenoxy) is 1. The van der Waals surface area contributed by atoms with E-state index < -0.39 is 0 Å². The number of piperazine rings is 1. The first kappa shape index (κ1) is 21.9. The average molecular weight is 438 g/mol. The Bertz CT molecular complexity index is 1120. The lowest BCUT2D eigenvalue weighted by atomic mass is 9.87. The van der Waals surface area contributed by atoms with Crippen LogP contribution in [-0.2, 0) is 16.6 Å². The van der Waals surface area contributed by atoms with Crippen molar-refractivity contribution in [2.45, 2.75) is 19.3 Å². The third-order valence-corrected chi connectivity index (χ3v) is 6.09. The topological polar surface area (TPSA) is 54.8 Å². The summed E-state index contributed by atoms with van der Waals surface area (Å²) in [6, 6.07) is 14.5. The Morgan fingerprint density at radius 3 is 2.47 bits per heavy atom. The number of benzene rings is 2. The number of para-hydroxylation sites is 1. The van der Waals surface area contributed by atoms with Crippen LogP contribution in [0.3, 0.4) is 0 Å². The maximum atomic E-state index is 14.1. The van der Waals surface area contributed by atoms with Crippen LogP contribution in [0.25, 0.3) is 10.9 Å². The Morgan fingerprint density at radius 2 is 1.75 bits per heavy atom. The third-order valence-electron chi connectivity index (χ3n) is 6.09. The van der Waals surface area contributed by atoms with E-state index in [0.717, 1.165) is 22.0 Å². The molecule has 0 N–H and O–H groups in total. The van der Waals surface area contributed by atoms with Crippen molar-refractivity contribution in [3.63, 3.8) is 0 Å². The van der Waals surface area contributed by atoms with Crippen LogP contribution in [0.2, 0.25) is 0 Å². The normalized spacial score (nSPS) is 15.1. The first-order valence-corrected chi connectivity index (χ1v) is 11.0. The van der Waals surface area contributed by atoms with Gasteiger partial charge in [-0.15, -0.1) is 0 Å². The molecule has 32 heavy (non-hydrogen) atoms. The summed E-state index contributed by atoms with van der Waals surface area (Å²) in [5, 5.41) is 1.06. The largest absolute Gasteiger partial charge is 0.450 e. The van der Waals surface area contributed by atoms with Crippen LogP contribution < -0.4 is 0 Å². The molecule has 1 aliphatic heterocycles. The van der Waals surface area contributed by atoms with Crippen molar-refractivity contribution in [1.29, 1.82) is 0 Å². The Labute approximate surface area is 187 Å². The molecule has 2 heterocycles. The molecule has 1 aliphatic rings. The number of rotatable bonds is 5. The molecule has 6 nitrogen and oxygen atoms in total. The monoisotopic (exact) mass is 437 g/mol. The van der Waals surface area contributed by atoms with E-state index >= 15 is 0 Å². The second-order valence-corrected chi connectivity index (χ2v) is 8.09. The van der Waals surface area contributed by atoms with Gasteiger partial charge in [0.05, 0.1) is 6.61 Å². The molecule has 168 valence electrons. The third kappa shape index (κ3) is 4.47. The Kier molecular flexibility index (Phi) is 6.44. The van der Waals surface area contributed by atoms with Gasteiger partial charge in [-0.05, 0) is 36.2 Å². The van der Waals surface area contributed by atoms with Crippen LogP contribution in [0.1, 0.15) is 30.4 Å². The molecule has 0 spiro atoms. The van der Waals surface area contributed by atoms with Crippen LogP contribution in [-0.4, -0.2) is 59.2 Å². The number of hydrogen-bond acceptors (Lipinski definition) is 3. The molecule has 0 radical (unpaired) electrons. The van der Waals surface area contributed by atoms with E-state index in [-0.39, 0.29) is 30.2 Å². The number of aryl methyl sites for hydroxylation is 1. The Hall–Kier alpha value is -3.35. The fraction of sp³-hybridized carbons (Fsp3) is 0.360. The van der Waals surface area contributed by atoms with E-state index in [0.29, 0.717) is 32.8 Å². The number of hydrogen-bond donors (Lipinski definition) is 0. The van der Waals surface area contributed by atoms with Crippen molar-refractivity contribution in [2.75, 3.05) is 32.8 Å². The van der Waals surface area contributed by atoms with Crippen molar-refractivity contribution >= 4 is 22.9 Å². The molecular formula is C25H28FN3O3. The van der Waals surface area contributed by atoms with Crippen LogP contribution in [0.5, 0.6) is 0 Å². The maximum absolute atomic E-state index is 14.1. The minimum atomic E-state index is -0.340. The van der Waals surface area contributed by atoms with E-state index in [1.54, 1.807) is 22.8 Å². The van der Waals surface area contributed by atoms with E-state index in [9.17, 15) is 14.0 Å². The smallest absolute Gasteiger partial charge is 0.409 e. The van der Waals surface area contributed by atoms with E-state index in [1.165, 1.54) is 12.1 Å². The predicted octanol–water partition coefficient (Wildman–Crippen LogP) is 4.14. The lowest BCUT2D eigenvalue weighted by Crippen LogP contribution is -2.50. The van der Waals surface area contributed by atoms with E-state index in [1.807, 2.05) is 48.1 Å². The number of fused-ring (bicyclic) bond motifs is 1. The van der Waals surface area contributed by atoms with Gasteiger partial charge in [-0.2, -0.15) is 0 Å². The lowest BCUT2D eigenvalue weighted by molar-refractivity contribution is -0.133. The molecule has 1 saturated heterocycles. The molecule has 1 aromatic heterocycles. The lowest BCUT2D eigenvalue weighted by Gasteiger charge is -2.34. The molecule has 4 rings (SSSR count). The maximum Gasteiger partial charge on any atom is 0.409 e. The minimum Gasteiger partial charge on any atom is -0.450 e. The summed E-state index contributed by atoms with van der Waals surface area (Å²) in [5.41, 5.74) is 2.85. The summed E-state index contributed by atoms with van der Waals surface area (Å²) in [5.74, 6) is -0.591. The predicted molar refractivity (Wildman–Crippen MR) is 121 cm³/mol. The fourth-order valence-electron chi connectivity index (χ4n) is 4.44. The van der Waals surface area contributed by atoms with Gasteiger partial charge in [0.1, 0.15) is 5.82 Å². The zero-order valence-electron chi connectivity index (χ0n) is 18.5. The average Bonchev–Trinajstić information content (AvgIpc) is 3.14. The van der Waals surface area contributed by atoms with E-state index in [2.05, 4.69) is 0 Å². The fourth-order valence-corrected chi connectivity index (χ4v) is 4.44. The van der Waals surface area contributed by atoms with Gasteiger partial charge in [0.2, 0.25) is 5.91 Å². The molecule has 3 aromatic rings. The van der Waals surface area contributed by atoms with Gasteiger partial charge < -0.3 is 19.1 Å². The first-order chi connectivity index (χ1) is 15.5. The highest BCUT2D eigenvalue weighted by Crippen LogP contribution is 2.35. The van der Waals surface area contributed by atoms with Crippen molar-refractivity contribution < 1.29 is 18.7 Å². The molecule has 1 atom stereocenters. The molecule has 2 aromatic carbocycles. The summed E-state index contributed by atoms with van der Waals surface area (Å²) in [6.07, 6.45) is 1.93. The highest BCUT2D eigenvalue weighted by atomic mass is 19.1. The Balaban J connectivity index is 1.58. The highest BCUT2D eigenvalue weighted by molar-refractivity contribution is 5.86.